The molecule has 5 heteroatoms. The molecule has 0 saturated heterocycles. The van der Waals surface area contributed by atoms with Crippen LogP contribution in [0.25, 0.3) is 11.0 Å². The van der Waals surface area contributed by atoms with Crippen LogP contribution in [0.2, 0.25) is 0 Å². The molecule has 1 heterocycles. The molecule has 4 rings (SSSR count). The monoisotopic (exact) mass is 360 g/mol. The summed E-state index contributed by atoms with van der Waals surface area (Å²) in [6, 6.07) is 12.2. The number of hydrogen-bond donors (Lipinski definition) is 0. The maximum atomic E-state index is 12.8. The van der Waals surface area contributed by atoms with E-state index in [-0.39, 0.29) is 23.0 Å². The minimum absolute atomic E-state index is 0.117. The van der Waals surface area contributed by atoms with Gasteiger partial charge in [-0.15, -0.1) is 0 Å². The van der Waals surface area contributed by atoms with Gasteiger partial charge >= 0.3 is 0 Å². The third kappa shape index (κ3) is 3.21. The van der Waals surface area contributed by atoms with Crippen molar-refractivity contribution in [1.29, 1.82) is 0 Å². The lowest BCUT2D eigenvalue weighted by Crippen LogP contribution is -2.23. The average molecular weight is 360 g/mol. The van der Waals surface area contributed by atoms with Gasteiger partial charge in [0.1, 0.15) is 17.1 Å². The Morgan fingerprint density at radius 3 is 2.15 bits per heavy atom. The molecule has 1 aliphatic rings. The molecule has 5 nitrogen and oxygen atoms in total. The molecular weight excluding hydrogens is 340 g/mol. The topological polar surface area (TPSA) is 69.2 Å². The van der Waals surface area contributed by atoms with Crippen LogP contribution in [0, 0.1) is 0 Å². The number of carbonyl (C=O) groups excluding carboxylic acids is 2. The van der Waals surface area contributed by atoms with Gasteiger partial charge in [-0.1, -0.05) is 50.5 Å². The zero-order valence-electron chi connectivity index (χ0n) is 15.2. The van der Waals surface area contributed by atoms with Crippen LogP contribution in [-0.2, 0) is 0 Å². The molecule has 0 aliphatic heterocycles. The molecule has 0 fully saturated rings. The second-order valence-corrected chi connectivity index (χ2v) is 6.68. The number of nitrogens with zero attached hydrogens (tertiary/aromatic N) is 2. The summed E-state index contributed by atoms with van der Waals surface area (Å²) >= 11 is 0. The van der Waals surface area contributed by atoms with E-state index in [1.807, 2.05) is 6.07 Å². The van der Waals surface area contributed by atoms with Crippen LogP contribution in [0.1, 0.15) is 64.7 Å². The van der Waals surface area contributed by atoms with Crippen molar-refractivity contribution in [1.82, 2.24) is 9.97 Å². The first-order valence-corrected chi connectivity index (χ1v) is 9.32. The smallest absolute Gasteiger partial charge is 0.214 e. The molecule has 27 heavy (non-hydrogen) atoms. The van der Waals surface area contributed by atoms with Crippen molar-refractivity contribution in [2.45, 2.75) is 32.6 Å². The van der Waals surface area contributed by atoms with E-state index in [9.17, 15) is 9.59 Å². The van der Waals surface area contributed by atoms with E-state index in [1.54, 1.807) is 36.4 Å². The molecule has 1 aliphatic carbocycles. The zero-order valence-corrected chi connectivity index (χ0v) is 15.2. The number of ketones is 2. The molecular formula is C22H20N2O3. The predicted octanol–water partition coefficient (Wildman–Crippen LogP) is 4.36. The van der Waals surface area contributed by atoms with Gasteiger partial charge < -0.3 is 4.74 Å². The second kappa shape index (κ2) is 7.27. The van der Waals surface area contributed by atoms with Crippen LogP contribution < -0.4 is 4.74 Å². The highest BCUT2D eigenvalue weighted by molar-refractivity contribution is 6.27. The molecule has 0 saturated carbocycles. The Bertz CT molecular complexity index is 1040. The van der Waals surface area contributed by atoms with Crippen molar-refractivity contribution in [3.05, 3.63) is 65.0 Å². The minimum Gasteiger partial charge on any atom is -0.494 e. The third-order valence-corrected chi connectivity index (χ3v) is 4.75. The number of aromatic nitrogens is 2. The van der Waals surface area contributed by atoms with Crippen LogP contribution in [0.3, 0.4) is 0 Å². The summed E-state index contributed by atoms with van der Waals surface area (Å²) in [7, 11) is 0. The maximum Gasteiger partial charge on any atom is 0.214 e. The fraction of sp³-hybridized carbons (Fsp3) is 0.273. The molecule has 0 bridgehead atoms. The van der Waals surface area contributed by atoms with Crippen LogP contribution in [0.15, 0.2) is 42.5 Å². The van der Waals surface area contributed by atoms with Crippen LogP contribution >= 0.6 is 0 Å². The highest BCUT2D eigenvalue weighted by Crippen LogP contribution is 2.27. The molecule has 2 aromatic carbocycles. The number of fused-ring (bicyclic) bond motifs is 3. The Balaban J connectivity index is 1.65. The Morgan fingerprint density at radius 2 is 1.48 bits per heavy atom. The van der Waals surface area contributed by atoms with E-state index < -0.39 is 0 Å². The fourth-order valence-electron chi connectivity index (χ4n) is 3.29. The Morgan fingerprint density at radius 1 is 0.815 bits per heavy atom. The number of carbonyl (C=O) groups is 2. The SMILES string of the molecule is CCCCCCOc1ccc2nc3c(nc2c1)C(=O)c1ccccc1C3=O. The van der Waals surface area contributed by atoms with Crippen molar-refractivity contribution >= 4 is 22.6 Å². The van der Waals surface area contributed by atoms with E-state index in [2.05, 4.69) is 16.9 Å². The van der Waals surface area contributed by atoms with Crippen molar-refractivity contribution in [2.75, 3.05) is 6.61 Å². The third-order valence-electron chi connectivity index (χ3n) is 4.75. The first kappa shape index (κ1) is 17.3. The first-order chi connectivity index (χ1) is 13.2. The predicted molar refractivity (Wildman–Crippen MR) is 102 cm³/mol. The summed E-state index contributed by atoms with van der Waals surface area (Å²) in [6.45, 7) is 2.82. The molecule has 136 valence electrons. The lowest BCUT2D eigenvalue weighted by molar-refractivity contribution is 0.0972. The van der Waals surface area contributed by atoms with E-state index in [0.717, 1.165) is 12.8 Å². The standard InChI is InChI=1S/C22H20N2O3/c1-2-3-4-7-12-27-14-10-11-17-18(13-14)24-20-19(23-17)21(25)15-8-5-6-9-16(15)22(20)26/h5-6,8-11,13H,2-4,7,12H2,1H3. The molecule has 1 aromatic heterocycles. The van der Waals surface area contributed by atoms with E-state index in [0.29, 0.717) is 34.5 Å². The van der Waals surface area contributed by atoms with Crippen molar-refractivity contribution in [3.8, 4) is 5.75 Å². The maximum absolute atomic E-state index is 12.8. The summed E-state index contributed by atoms with van der Waals surface area (Å²) < 4.78 is 5.79. The Kier molecular flexibility index (Phi) is 4.67. The zero-order chi connectivity index (χ0) is 18.8. The quantitative estimate of drug-likeness (QED) is 0.478. The van der Waals surface area contributed by atoms with Crippen molar-refractivity contribution < 1.29 is 14.3 Å². The normalized spacial score (nSPS) is 12.8. The van der Waals surface area contributed by atoms with Gasteiger partial charge in [0.05, 0.1) is 17.6 Å². The fourth-order valence-corrected chi connectivity index (χ4v) is 3.29. The molecule has 0 atom stereocenters. The number of hydrogen-bond acceptors (Lipinski definition) is 5. The molecule has 0 unspecified atom stereocenters. The summed E-state index contributed by atoms with van der Waals surface area (Å²) in [5.41, 5.74) is 2.14. The van der Waals surface area contributed by atoms with Gasteiger partial charge in [-0.25, -0.2) is 9.97 Å². The van der Waals surface area contributed by atoms with Gasteiger partial charge in [0, 0.05) is 17.2 Å². The lowest BCUT2D eigenvalue weighted by Gasteiger charge is -2.16. The Hall–Kier alpha value is -3.08. The molecule has 0 amide bonds. The number of rotatable bonds is 6. The lowest BCUT2D eigenvalue weighted by atomic mass is 9.89. The highest BCUT2D eigenvalue weighted by atomic mass is 16.5. The first-order valence-electron chi connectivity index (χ1n) is 9.32. The van der Waals surface area contributed by atoms with Crippen LogP contribution in [-0.4, -0.2) is 28.1 Å². The molecule has 3 aromatic rings. The van der Waals surface area contributed by atoms with Crippen LogP contribution in [0.4, 0.5) is 0 Å². The van der Waals surface area contributed by atoms with Gasteiger partial charge in [-0.3, -0.25) is 9.59 Å². The van der Waals surface area contributed by atoms with Gasteiger partial charge in [-0.05, 0) is 18.6 Å². The Labute approximate surface area is 157 Å². The highest BCUT2D eigenvalue weighted by Gasteiger charge is 2.32. The van der Waals surface area contributed by atoms with Gasteiger partial charge in [0.2, 0.25) is 11.6 Å². The van der Waals surface area contributed by atoms with Gasteiger partial charge in [0.15, 0.2) is 0 Å². The number of ether oxygens (including phenoxy) is 1. The molecule has 0 radical (unpaired) electrons. The van der Waals surface area contributed by atoms with Gasteiger partial charge in [0.25, 0.3) is 0 Å². The summed E-state index contributed by atoms with van der Waals surface area (Å²) in [4.78, 5) is 34.4. The van der Waals surface area contributed by atoms with E-state index in [4.69, 9.17) is 4.74 Å². The average Bonchev–Trinajstić information content (AvgIpc) is 2.71. The second-order valence-electron chi connectivity index (χ2n) is 6.68. The van der Waals surface area contributed by atoms with Crippen LogP contribution in [0.5, 0.6) is 5.75 Å². The van der Waals surface area contributed by atoms with E-state index in [1.165, 1.54) is 12.8 Å². The largest absolute Gasteiger partial charge is 0.494 e. The minimum atomic E-state index is -0.263. The van der Waals surface area contributed by atoms with E-state index >= 15 is 0 Å². The molecule has 0 N–H and O–H groups in total. The van der Waals surface area contributed by atoms with Gasteiger partial charge in [-0.2, -0.15) is 0 Å². The van der Waals surface area contributed by atoms with Crippen molar-refractivity contribution in [3.63, 3.8) is 0 Å². The summed E-state index contributed by atoms with van der Waals surface area (Å²) in [5.74, 6) is 0.176. The number of benzene rings is 2. The van der Waals surface area contributed by atoms with Crippen molar-refractivity contribution in [2.24, 2.45) is 0 Å². The summed E-state index contributed by atoms with van der Waals surface area (Å²) in [5, 5.41) is 0. The number of unbranched alkanes of at least 4 members (excludes halogenated alkanes) is 3. The molecule has 0 spiro atoms. The summed E-state index contributed by atoms with van der Waals surface area (Å²) in [6.07, 6.45) is 4.54.